The Labute approximate surface area is 166 Å². The molecule has 1 atom stereocenters. The van der Waals surface area contributed by atoms with Crippen molar-refractivity contribution in [3.8, 4) is 5.75 Å². The third-order valence-corrected chi connectivity index (χ3v) is 5.39. The molecule has 0 saturated carbocycles. The topological polar surface area (TPSA) is 68.3 Å². The van der Waals surface area contributed by atoms with Crippen molar-refractivity contribution >= 4 is 11.8 Å². The SMILES string of the molecule is COCC(=O)N(C1CCOCC1)C1CCCN(C(=O)COc2ccccc2)C1. The first-order valence-corrected chi connectivity index (χ1v) is 10.0. The van der Waals surface area contributed by atoms with Gasteiger partial charge in [-0.05, 0) is 37.8 Å². The zero-order chi connectivity index (χ0) is 19.8. The van der Waals surface area contributed by atoms with Crippen LogP contribution < -0.4 is 4.74 Å². The molecule has 0 radical (unpaired) electrons. The largest absolute Gasteiger partial charge is 0.484 e. The Morgan fingerprint density at radius 2 is 1.86 bits per heavy atom. The molecule has 2 fully saturated rings. The summed E-state index contributed by atoms with van der Waals surface area (Å²) < 4.78 is 16.2. The Morgan fingerprint density at radius 1 is 1.11 bits per heavy atom. The van der Waals surface area contributed by atoms with E-state index in [1.165, 1.54) is 7.11 Å². The predicted octanol–water partition coefficient (Wildman–Crippen LogP) is 1.71. The highest BCUT2D eigenvalue weighted by atomic mass is 16.5. The summed E-state index contributed by atoms with van der Waals surface area (Å²) >= 11 is 0. The van der Waals surface area contributed by atoms with Crippen LogP contribution in [0.4, 0.5) is 0 Å². The van der Waals surface area contributed by atoms with Gasteiger partial charge in [0, 0.05) is 45.5 Å². The fraction of sp³-hybridized carbons (Fsp3) is 0.619. The fourth-order valence-electron chi connectivity index (χ4n) is 4.03. The molecule has 2 saturated heterocycles. The van der Waals surface area contributed by atoms with Crippen molar-refractivity contribution in [1.82, 2.24) is 9.80 Å². The van der Waals surface area contributed by atoms with Crippen molar-refractivity contribution in [3.63, 3.8) is 0 Å². The molecule has 7 heteroatoms. The smallest absolute Gasteiger partial charge is 0.260 e. The second kappa shape index (κ2) is 10.4. The van der Waals surface area contributed by atoms with Crippen LogP contribution in [0.2, 0.25) is 0 Å². The lowest BCUT2D eigenvalue weighted by atomic mass is 9.98. The zero-order valence-electron chi connectivity index (χ0n) is 16.5. The number of amides is 2. The molecule has 0 bridgehead atoms. The van der Waals surface area contributed by atoms with Gasteiger partial charge in [0.25, 0.3) is 5.91 Å². The molecule has 1 aromatic rings. The van der Waals surface area contributed by atoms with Gasteiger partial charge >= 0.3 is 0 Å². The number of hydrogen-bond donors (Lipinski definition) is 0. The van der Waals surface area contributed by atoms with E-state index >= 15 is 0 Å². The molecule has 7 nitrogen and oxygen atoms in total. The van der Waals surface area contributed by atoms with Gasteiger partial charge in [0.2, 0.25) is 5.91 Å². The number of para-hydroxylation sites is 1. The molecule has 2 amide bonds. The summed E-state index contributed by atoms with van der Waals surface area (Å²) in [5, 5.41) is 0. The number of ether oxygens (including phenoxy) is 3. The van der Waals surface area contributed by atoms with Crippen LogP contribution in [0, 0.1) is 0 Å². The van der Waals surface area contributed by atoms with Crippen molar-refractivity contribution < 1.29 is 23.8 Å². The Balaban J connectivity index is 1.61. The van der Waals surface area contributed by atoms with Crippen molar-refractivity contribution in [2.75, 3.05) is 46.6 Å². The zero-order valence-corrected chi connectivity index (χ0v) is 16.5. The molecule has 2 aliphatic heterocycles. The second-order valence-corrected chi connectivity index (χ2v) is 7.32. The summed E-state index contributed by atoms with van der Waals surface area (Å²) in [5.41, 5.74) is 0. The third kappa shape index (κ3) is 5.45. The molecule has 0 aromatic heterocycles. The summed E-state index contributed by atoms with van der Waals surface area (Å²) in [7, 11) is 1.54. The maximum absolute atomic E-state index is 12.8. The van der Waals surface area contributed by atoms with E-state index in [0.29, 0.717) is 32.1 Å². The Bertz CT molecular complexity index is 633. The van der Waals surface area contributed by atoms with Crippen molar-refractivity contribution in [1.29, 1.82) is 0 Å². The maximum Gasteiger partial charge on any atom is 0.260 e. The summed E-state index contributed by atoms with van der Waals surface area (Å²) in [4.78, 5) is 29.2. The van der Waals surface area contributed by atoms with Crippen molar-refractivity contribution in [3.05, 3.63) is 30.3 Å². The van der Waals surface area contributed by atoms with E-state index in [9.17, 15) is 9.59 Å². The van der Waals surface area contributed by atoms with Crippen LogP contribution in [0.1, 0.15) is 25.7 Å². The average Bonchev–Trinajstić information content (AvgIpc) is 2.74. The number of nitrogens with zero attached hydrogens (tertiary/aromatic N) is 2. The van der Waals surface area contributed by atoms with Gasteiger partial charge < -0.3 is 24.0 Å². The van der Waals surface area contributed by atoms with Crippen LogP contribution in [-0.4, -0.2) is 80.3 Å². The molecule has 2 aliphatic rings. The molecule has 0 spiro atoms. The number of benzene rings is 1. The van der Waals surface area contributed by atoms with Gasteiger partial charge in [0.05, 0.1) is 0 Å². The number of rotatable bonds is 7. The minimum absolute atomic E-state index is 0.00534. The first kappa shape index (κ1) is 20.6. The van der Waals surface area contributed by atoms with Crippen LogP contribution in [0.5, 0.6) is 5.75 Å². The van der Waals surface area contributed by atoms with Crippen LogP contribution in [0.3, 0.4) is 0 Å². The molecular weight excluding hydrogens is 360 g/mol. The predicted molar refractivity (Wildman–Crippen MR) is 104 cm³/mol. The van der Waals surface area contributed by atoms with Crippen LogP contribution in [0.15, 0.2) is 30.3 Å². The molecule has 1 aromatic carbocycles. The van der Waals surface area contributed by atoms with Gasteiger partial charge in [0.15, 0.2) is 6.61 Å². The lowest BCUT2D eigenvalue weighted by Gasteiger charge is -2.44. The molecule has 28 heavy (non-hydrogen) atoms. The summed E-state index contributed by atoms with van der Waals surface area (Å²) in [6.45, 7) is 2.67. The summed E-state index contributed by atoms with van der Waals surface area (Å²) in [5.74, 6) is 0.636. The van der Waals surface area contributed by atoms with Gasteiger partial charge in [-0.1, -0.05) is 18.2 Å². The third-order valence-electron chi connectivity index (χ3n) is 5.39. The Morgan fingerprint density at radius 3 is 2.57 bits per heavy atom. The van der Waals surface area contributed by atoms with Gasteiger partial charge in [-0.15, -0.1) is 0 Å². The molecular formula is C21H30N2O5. The minimum atomic E-state index is -0.0420. The normalized spacial score (nSPS) is 20.6. The second-order valence-electron chi connectivity index (χ2n) is 7.32. The molecule has 154 valence electrons. The lowest BCUT2D eigenvalue weighted by Crippen LogP contribution is -2.57. The molecule has 0 aliphatic carbocycles. The number of hydrogen-bond acceptors (Lipinski definition) is 5. The standard InChI is InChI=1S/C21H30N2O5/c1-26-15-21(25)23(17-9-12-27-13-10-17)18-6-5-11-22(14-18)20(24)16-28-19-7-3-2-4-8-19/h2-4,7-8,17-18H,5-6,9-16H2,1H3. The first-order valence-electron chi connectivity index (χ1n) is 10.0. The highest BCUT2D eigenvalue weighted by molar-refractivity contribution is 5.79. The first-order chi connectivity index (χ1) is 13.7. The van der Waals surface area contributed by atoms with Gasteiger partial charge in [-0.25, -0.2) is 0 Å². The van der Waals surface area contributed by atoms with Gasteiger partial charge in [0.1, 0.15) is 12.4 Å². The number of carbonyl (C=O) groups excluding carboxylic acids is 2. The fourth-order valence-corrected chi connectivity index (χ4v) is 4.03. The minimum Gasteiger partial charge on any atom is -0.484 e. The quantitative estimate of drug-likeness (QED) is 0.709. The van der Waals surface area contributed by atoms with Crippen LogP contribution >= 0.6 is 0 Å². The molecule has 3 rings (SSSR count). The van der Waals surface area contributed by atoms with Crippen molar-refractivity contribution in [2.24, 2.45) is 0 Å². The molecule has 1 unspecified atom stereocenters. The molecule has 2 heterocycles. The van der Waals surface area contributed by atoms with E-state index in [-0.39, 0.29) is 37.1 Å². The van der Waals surface area contributed by atoms with Crippen LogP contribution in [0.25, 0.3) is 0 Å². The van der Waals surface area contributed by atoms with Gasteiger partial charge in [-0.2, -0.15) is 0 Å². The highest BCUT2D eigenvalue weighted by Gasteiger charge is 2.35. The lowest BCUT2D eigenvalue weighted by molar-refractivity contribution is -0.147. The van der Waals surface area contributed by atoms with E-state index in [1.54, 1.807) is 0 Å². The number of carbonyl (C=O) groups is 2. The van der Waals surface area contributed by atoms with Crippen molar-refractivity contribution in [2.45, 2.75) is 37.8 Å². The van der Waals surface area contributed by atoms with E-state index in [4.69, 9.17) is 14.2 Å². The summed E-state index contributed by atoms with van der Waals surface area (Å²) in [6.07, 6.45) is 3.44. The van der Waals surface area contributed by atoms with Gasteiger partial charge in [-0.3, -0.25) is 9.59 Å². The monoisotopic (exact) mass is 390 g/mol. The van der Waals surface area contributed by atoms with E-state index in [0.717, 1.165) is 25.7 Å². The molecule has 0 N–H and O–H groups in total. The number of likely N-dealkylation sites (tertiary alicyclic amines) is 1. The number of piperidine rings is 1. The Hall–Kier alpha value is -2.12. The maximum atomic E-state index is 12.8. The van der Waals surface area contributed by atoms with E-state index in [1.807, 2.05) is 40.1 Å². The van der Waals surface area contributed by atoms with E-state index < -0.39 is 0 Å². The Kier molecular flexibility index (Phi) is 7.68. The average molecular weight is 390 g/mol. The summed E-state index contributed by atoms with van der Waals surface area (Å²) in [6, 6.07) is 9.50. The van der Waals surface area contributed by atoms with E-state index in [2.05, 4.69) is 0 Å². The van der Waals surface area contributed by atoms with Crippen LogP contribution in [-0.2, 0) is 19.1 Å². The highest BCUT2D eigenvalue weighted by Crippen LogP contribution is 2.24. The number of methoxy groups -OCH3 is 1.